The number of oxime groups is 1. The monoisotopic (exact) mass is 340 g/mol. The average Bonchev–Trinajstić information content (AvgIpc) is 2.47. The molecule has 1 heterocycles. The molecular weight excluding hydrogens is 304 g/mol. The molecule has 0 bridgehead atoms. The van der Waals surface area contributed by atoms with Crippen molar-refractivity contribution in [2.45, 2.75) is 98.0 Å². The van der Waals surface area contributed by atoms with Crippen molar-refractivity contribution in [3.8, 4) is 0 Å². The number of rotatable bonds is 7. The molecule has 0 spiro atoms. The number of hydrogen-bond donors (Lipinski definition) is 1. The van der Waals surface area contributed by atoms with Crippen molar-refractivity contribution in [3.05, 3.63) is 0 Å². The Morgan fingerprint density at radius 3 is 2.12 bits per heavy atom. The van der Waals surface area contributed by atoms with Crippen LogP contribution in [0.3, 0.4) is 0 Å². The number of hydrogen-bond acceptors (Lipinski definition) is 4. The van der Waals surface area contributed by atoms with Gasteiger partial charge < -0.3 is 15.5 Å². The summed E-state index contributed by atoms with van der Waals surface area (Å²) in [4.78, 5) is 22.1. The fourth-order valence-corrected chi connectivity index (χ4v) is 3.51. The first-order valence-corrected chi connectivity index (χ1v) is 9.21. The van der Waals surface area contributed by atoms with Gasteiger partial charge in [0.2, 0.25) is 6.10 Å². The highest BCUT2D eigenvalue weighted by atomic mass is 16.6. The smallest absolute Gasteiger partial charge is 0.266 e. The van der Waals surface area contributed by atoms with Crippen molar-refractivity contribution in [2.24, 2.45) is 10.9 Å². The minimum Gasteiger partial charge on any atom is -0.383 e. The van der Waals surface area contributed by atoms with Crippen LogP contribution in [0.15, 0.2) is 5.16 Å². The Morgan fingerprint density at radius 1 is 1.17 bits per heavy atom. The van der Waals surface area contributed by atoms with Crippen molar-refractivity contribution in [3.63, 3.8) is 0 Å². The Labute approximate surface area is 147 Å². The first-order chi connectivity index (χ1) is 11.1. The van der Waals surface area contributed by atoms with E-state index < -0.39 is 6.10 Å². The summed E-state index contributed by atoms with van der Waals surface area (Å²) in [5.41, 5.74) is 6.03. The number of carbonyl (C=O) groups is 1. The van der Waals surface area contributed by atoms with Crippen LogP contribution in [0.25, 0.3) is 0 Å². The summed E-state index contributed by atoms with van der Waals surface area (Å²) in [5, 5.41) is 4.01. The van der Waals surface area contributed by atoms with Crippen LogP contribution in [-0.4, -0.2) is 58.4 Å². The van der Waals surface area contributed by atoms with Crippen molar-refractivity contribution < 1.29 is 9.63 Å². The summed E-state index contributed by atoms with van der Waals surface area (Å²) < 4.78 is 0. The third kappa shape index (κ3) is 5.65. The summed E-state index contributed by atoms with van der Waals surface area (Å²) in [6, 6.07) is 1.25. The Balaban J connectivity index is 2.61. The normalized spacial score (nSPS) is 24.3. The molecule has 1 aliphatic heterocycles. The first-order valence-electron chi connectivity index (χ1n) is 9.21. The molecule has 1 fully saturated rings. The molecule has 6 nitrogen and oxygen atoms in total. The Morgan fingerprint density at radius 2 is 1.67 bits per heavy atom. The molecule has 0 aromatic rings. The van der Waals surface area contributed by atoms with Gasteiger partial charge in [0, 0.05) is 24.2 Å². The van der Waals surface area contributed by atoms with Gasteiger partial charge in [-0.3, -0.25) is 9.69 Å². The van der Waals surface area contributed by atoms with E-state index >= 15 is 0 Å². The number of amidine groups is 1. The number of amides is 1. The van der Waals surface area contributed by atoms with Gasteiger partial charge in [0.25, 0.3) is 5.91 Å². The van der Waals surface area contributed by atoms with E-state index in [0.29, 0.717) is 24.5 Å². The number of nitrogens with zero attached hydrogens (tertiary/aromatic N) is 3. The van der Waals surface area contributed by atoms with E-state index in [9.17, 15) is 4.79 Å². The molecule has 0 aromatic heterocycles. The molecule has 0 aliphatic carbocycles. The van der Waals surface area contributed by atoms with Gasteiger partial charge in [-0.05, 0) is 61.3 Å². The Bertz CT molecular complexity index is 419. The van der Waals surface area contributed by atoms with Crippen molar-refractivity contribution in [1.29, 1.82) is 0 Å². The molecule has 1 rings (SSSR count). The van der Waals surface area contributed by atoms with Gasteiger partial charge in [-0.2, -0.15) is 0 Å². The lowest BCUT2D eigenvalue weighted by Crippen LogP contribution is -2.48. The van der Waals surface area contributed by atoms with E-state index in [1.54, 1.807) is 6.92 Å². The maximum atomic E-state index is 12.5. The Hall–Kier alpha value is -1.30. The largest absolute Gasteiger partial charge is 0.383 e. The van der Waals surface area contributed by atoms with Crippen LogP contribution in [0, 0.1) is 0 Å². The van der Waals surface area contributed by atoms with Crippen LogP contribution < -0.4 is 5.73 Å². The number of piperidine rings is 1. The molecule has 0 saturated carbocycles. The molecule has 0 aromatic carbocycles. The zero-order valence-electron chi connectivity index (χ0n) is 16.5. The maximum absolute atomic E-state index is 12.5. The molecule has 1 amide bonds. The van der Waals surface area contributed by atoms with Crippen molar-refractivity contribution in [2.75, 3.05) is 6.54 Å². The van der Waals surface area contributed by atoms with E-state index in [0.717, 1.165) is 0 Å². The minimum absolute atomic E-state index is 0.0590. The van der Waals surface area contributed by atoms with Crippen LogP contribution in [0.2, 0.25) is 0 Å². The van der Waals surface area contributed by atoms with Crippen LogP contribution in [0.5, 0.6) is 0 Å². The molecule has 0 radical (unpaired) electrons. The molecule has 2 N–H and O–H groups in total. The second-order valence-electron chi connectivity index (χ2n) is 7.56. The van der Waals surface area contributed by atoms with Crippen molar-refractivity contribution in [1.82, 2.24) is 9.80 Å². The molecule has 1 saturated heterocycles. The second kappa shape index (κ2) is 9.25. The summed E-state index contributed by atoms with van der Waals surface area (Å²) in [5.74, 6) is 0.368. The third-order valence-corrected chi connectivity index (χ3v) is 4.76. The first kappa shape index (κ1) is 20.7. The van der Waals surface area contributed by atoms with E-state index in [1.165, 1.54) is 19.3 Å². The fourth-order valence-electron chi connectivity index (χ4n) is 3.51. The van der Waals surface area contributed by atoms with Gasteiger partial charge in [0.1, 0.15) is 0 Å². The van der Waals surface area contributed by atoms with Gasteiger partial charge in [-0.1, -0.05) is 11.6 Å². The average molecular weight is 341 g/mol. The number of likely N-dealkylation sites (tertiary alicyclic amines) is 1. The lowest BCUT2D eigenvalue weighted by Gasteiger charge is -2.38. The fraction of sp³-hybridized carbons (Fsp3) is 0.889. The molecule has 3 atom stereocenters. The topological polar surface area (TPSA) is 71.2 Å². The highest BCUT2D eigenvalue weighted by Crippen LogP contribution is 2.21. The van der Waals surface area contributed by atoms with Gasteiger partial charge >= 0.3 is 0 Å². The summed E-state index contributed by atoms with van der Waals surface area (Å²) in [6.45, 7) is 14.8. The second-order valence-corrected chi connectivity index (χ2v) is 7.56. The van der Waals surface area contributed by atoms with Gasteiger partial charge in [0.15, 0.2) is 5.84 Å². The van der Waals surface area contributed by atoms with Gasteiger partial charge in [-0.15, -0.1) is 0 Å². The predicted octanol–water partition coefficient (Wildman–Crippen LogP) is 2.57. The zero-order valence-corrected chi connectivity index (χ0v) is 16.5. The summed E-state index contributed by atoms with van der Waals surface area (Å²) in [6.07, 6.45) is 3.00. The molecule has 140 valence electrons. The van der Waals surface area contributed by atoms with Crippen LogP contribution >= 0.6 is 0 Å². The molecule has 1 aliphatic rings. The highest BCUT2D eigenvalue weighted by Gasteiger charge is 2.27. The molecule has 24 heavy (non-hydrogen) atoms. The van der Waals surface area contributed by atoms with E-state index in [-0.39, 0.29) is 18.0 Å². The SMILES string of the molecule is CC(C)N(C(=O)[C@H](C)O/N=C(/N)CN1[C@@H](C)CCC[C@@H]1C)C(C)C. The highest BCUT2D eigenvalue weighted by molar-refractivity contribution is 5.83. The van der Waals surface area contributed by atoms with Crippen LogP contribution in [-0.2, 0) is 9.63 Å². The summed E-state index contributed by atoms with van der Waals surface area (Å²) >= 11 is 0. The maximum Gasteiger partial charge on any atom is 0.266 e. The molecule has 6 heteroatoms. The molecular formula is C18H36N4O2. The number of nitrogens with two attached hydrogens (primary N) is 1. The third-order valence-electron chi connectivity index (χ3n) is 4.76. The van der Waals surface area contributed by atoms with Crippen LogP contribution in [0.1, 0.15) is 67.7 Å². The standard InChI is InChI=1S/C18H36N4O2/c1-12(2)22(13(3)4)18(23)16(7)24-20-17(19)11-21-14(5)9-8-10-15(21)6/h12-16H,8-11H2,1-7H3,(H2,19,20)/t14-,15-,16-/m0/s1. The van der Waals surface area contributed by atoms with Crippen molar-refractivity contribution >= 4 is 11.7 Å². The lowest BCUT2D eigenvalue weighted by atomic mass is 9.97. The minimum atomic E-state index is -0.635. The van der Waals surface area contributed by atoms with E-state index in [4.69, 9.17) is 10.6 Å². The predicted molar refractivity (Wildman–Crippen MR) is 98.8 cm³/mol. The van der Waals surface area contributed by atoms with Gasteiger partial charge in [0.05, 0.1) is 6.54 Å². The summed E-state index contributed by atoms with van der Waals surface area (Å²) in [7, 11) is 0. The number of carbonyl (C=O) groups excluding carboxylic acids is 1. The quantitative estimate of drug-likeness (QED) is 0.439. The van der Waals surface area contributed by atoms with E-state index in [1.807, 2.05) is 32.6 Å². The van der Waals surface area contributed by atoms with Gasteiger partial charge in [-0.25, -0.2) is 0 Å². The Kier molecular flexibility index (Phi) is 8.00. The lowest BCUT2D eigenvalue weighted by molar-refractivity contribution is -0.146. The van der Waals surface area contributed by atoms with E-state index in [2.05, 4.69) is 23.9 Å². The molecule has 0 unspecified atom stereocenters. The zero-order chi connectivity index (χ0) is 18.4. The van der Waals surface area contributed by atoms with Crippen LogP contribution in [0.4, 0.5) is 0 Å².